The molecule has 0 aliphatic carbocycles. The highest BCUT2D eigenvalue weighted by atomic mass is 19.4. The van der Waals surface area contributed by atoms with Gasteiger partial charge in [-0.1, -0.05) is 14.4 Å². The van der Waals surface area contributed by atoms with Gasteiger partial charge in [0.15, 0.2) is 0 Å². The molecule has 5 nitrogen and oxygen atoms in total. The van der Waals surface area contributed by atoms with Crippen LogP contribution in [0.15, 0.2) is 18.2 Å². The lowest BCUT2D eigenvalue weighted by Crippen LogP contribution is -2.43. The number of benzene rings is 1. The summed E-state index contributed by atoms with van der Waals surface area (Å²) in [5, 5.41) is 8.94. The summed E-state index contributed by atoms with van der Waals surface area (Å²) < 4.78 is 45.9. The number of nitriles is 1. The molecule has 0 spiro atoms. The molecule has 0 radical (unpaired) electrons. The Bertz CT molecular complexity index is 888. The fourth-order valence-corrected chi connectivity index (χ4v) is 4.36. The number of hydrogen-bond acceptors (Lipinski definition) is 4. The summed E-state index contributed by atoms with van der Waals surface area (Å²) in [7, 11) is 0. The molecule has 29 heavy (non-hydrogen) atoms. The molecule has 2 saturated heterocycles. The van der Waals surface area contributed by atoms with Crippen molar-refractivity contribution in [1.29, 1.82) is 5.26 Å². The van der Waals surface area contributed by atoms with Crippen LogP contribution >= 0.6 is 0 Å². The Morgan fingerprint density at radius 1 is 1.17 bits per heavy atom. The monoisotopic (exact) mass is 410 g/mol. The van der Waals surface area contributed by atoms with Gasteiger partial charge in [0.2, 0.25) is 11.8 Å². The second-order valence-corrected chi connectivity index (χ2v) is 8.29. The molecule has 0 saturated carbocycles. The van der Waals surface area contributed by atoms with Crippen LogP contribution in [0.25, 0.3) is 0 Å². The zero-order valence-electron chi connectivity index (χ0n) is 16.1. The van der Waals surface area contributed by atoms with Gasteiger partial charge in [0.05, 0.1) is 45.9 Å². The minimum absolute atomic E-state index is 0. The van der Waals surface area contributed by atoms with Gasteiger partial charge in [-0.15, -0.1) is 0 Å². The summed E-state index contributed by atoms with van der Waals surface area (Å²) in [5.41, 5.74) is -3.23. The molecule has 1 aromatic rings. The highest BCUT2D eigenvalue weighted by Crippen LogP contribution is 2.48. The zero-order chi connectivity index (χ0) is 21.1. The Labute approximate surface area is 168 Å². The highest BCUT2D eigenvalue weighted by Gasteiger charge is 2.58. The first-order valence-corrected chi connectivity index (χ1v) is 9.00. The van der Waals surface area contributed by atoms with Crippen molar-refractivity contribution in [2.24, 2.45) is 11.8 Å². The number of rotatable bonds is 2. The number of alkyl halides is 3. The highest BCUT2D eigenvalue weighted by molar-refractivity contribution is 6.22. The average Bonchev–Trinajstić information content (AvgIpc) is 2.99. The van der Waals surface area contributed by atoms with Crippen molar-refractivity contribution >= 4 is 17.5 Å². The number of anilines is 1. The van der Waals surface area contributed by atoms with Crippen LogP contribution < -0.4 is 4.90 Å². The van der Waals surface area contributed by atoms with Gasteiger partial charge in [-0.2, -0.15) is 18.4 Å². The van der Waals surface area contributed by atoms with Crippen LogP contribution in [-0.4, -0.2) is 23.0 Å². The lowest BCUT2D eigenvalue weighted by molar-refractivity contribution is -0.143. The van der Waals surface area contributed by atoms with Gasteiger partial charge in [-0.05, 0) is 51.8 Å². The van der Waals surface area contributed by atoms with Crippen LogP contribution in [0.1, 0.15) is 59.1 Å². The third-order valence-electron chi connectivity index (χ3n) is 5.67. The van der Waals surface area contributed by atoms with Crippen LogP contribution in [0, 0.1) is 23.2 Å². The Morgan fingerprint density at radius 2 is 1.79 bits per heavy atom. The lowest BCUT2D eigenvalue weighted by Gasteiger charge is -2.33. The number of nitrogens with zero attached hydrogens (tertiary/aromatic N) is 2. The molecular formula is C21H25F3N2O3. The van der Waals surface area contributed by atoms with E-state index in [1.165, 1.54) is 12.1 Å². The van der Waals surface area contributed by atoms with Gasteiger partial charge in [0.25, 0.3) is 0 Å². The fraction of sp³-hybridized carbons (Fsp3) is 0.571. The number of amides is 2. The van der Waals surface area contributed by atoms with E-state index >= 15 is 0 Å². The molecule has 2 fully saturated rings. The molecule has 3 atom stereocenters. The third-order valence-corrected chi connectivity index (χ3v) is 5.67. The molecule has 1 aromatic carbocycles. The van der Waals surface area contributed by atoms with Crippen LogP contribution in [-0.2, 0) is 20.5 Å². The van der Waals surface area contributed by atoms with Gasteiger partial charge in [-0.3, -0.25) is 9.59 Å². The standard InChI is InChI=1S/C20H21F3N2O3.CH4/c1-11-15(19(4)8-7-18(2,3)28-19)17(27)25(16(11)26)13-6-5-12(10-24)14(9-13)20(21,22)23;/h5-6,9,11,15H,7-8H2,1-4H3;1H4. The van der Waals surface area contributed by atoms with Crippen molar-refractivity contribution in [3.05, 3.63) is 29.3 Å². The number of hydrogen-bond donors (Lipinski definition) is 0. The molecule has 2 aliphatic heterocycles. The van der Waals surface area contributed by atoms with E-state index in [9.17, 15) is 22.8 Å². The quantitative estimate of drug-likeness (QED) is 0.664. The van der Waals surface area contributed by atoms with E-state index in [1.807, 2.05) is 13.8 Å². The minimum atomic E-state index is -4.78. The molecule has 158 valence electrons. The number of halogens is 3. The average molecular weight is 410 g/mol. The van der Waals surface area contributed by atoms with Crippen LogP contribution in [0.3, 0.4) is 0 Å². The Hall–Kier alpha value is -2.40. The van der Waals surface area contributed by atoms with E-state index in [4.69, 9.17) is 10.00 Å². The van der Waals surface area contributed by atoms with E-state index in [-0.39, 0.29) is 13.1 Å². The maximum atomic E-state index is 13.3. The number of imide groups is 1. The van der Waals surface area contributed by atoms with Crippen molar-refractivity contribution in [2.45, 2.75) is 65.3 Å². The Kier molecular flexibility index (Phi) is 5.63. The number of carbonyl (C=O) groups excluding carboxylic acids is 2. The molecule has 8 heteroatoms. The Balaban J connectivity index is 0.00000300. The minimum Gasteiger partial charge on any atom is -0.369 e. The van der Waals surface area contributed by atoms with E-state index in [2.05, 4.69) is 0 Å². The summed E-state index contributed by atoms with van der Waals surface area (Å²) in [6, 6.07) is 4.35. The van der Waals surface area contributed by atoms with Crippen molar-refractivity contribution in [2.75, 3.05) is 4.90 Å². The molecular weight excluding hydrogens is 385 g/mol. The van der Waals surface area contributed by atoms with E-state index in [0.717, 1.165) is 11.0 Å². The zero-order valence-corrected chi connectivity index (χ0v) is 16.1. The smallest absolute Gasteiger partial charge is 0.369 e. The fourth-order valence-electron chi connectivity index (χ4n) is 4.36. The molecule has 0 aromatic heterocycles. The van der Waals surface area contributed by atoms with Gasteiger partial charge in [-0.25, -0.2) is 4.90 Å². The van der Waals surface area contributed by atoms with Crippen molar-refractivity contribution < 1.29 is 27.5 Å². The van der Waals surface area contributed by atoms with Crippen LogP contribution in [0.2, 0.25) is 0 Å². The summed E-state index contributed by atoms with van der Waals surface area (Å²) in [6.07, 6.45) is -3.49. The maximum absolute atomic E-state index is 13.3. The first-order valence-electron chi connectivity index (χ1n) is 9.00. The van der Waals surface area contributed by atoms with E-state index in [0.29, 0.717) is 18.9 Å². The van der Waals surface area contributed by atoms with Crippen molar-refractivity contribution in [1.82, 2.24) is 0 Å². The molecule has 2 heterocycles. The predicted octanol–water partition coefficient (Wildman–Crippen LogP) is 4.69. The molecule has 0 N–H and O–H groups in total. The number of carbonyl (C=O) groups is 2. The van der Waals surface area contributed by atoms with Gasteiger partial charge in [0.1, 0.15) is 0 Å². The van der Waals surface area contributed by atoms with Crippen molar-refractivity contribution in [3.63, 3.8) is 0 Å². The number of ether oxygens (including phenoxy) is 1. The molecule has 3 rings (SSSR count). The van der Waals surface area contributed by atoms with Gasteiger partial charge in [0, 0.05) is 0 Å². The Morgan fingerprint density at radius 3 is 2.28 bits per heavy atom. The molecule has 2 amide bonds. The summed E-state index contributed by atoms with van der Waals surface area (Å²) in [4.78, 5) is 26.7. The van der Waals surface area contributed by atoms with Gasteiger partial charge >= 0.3 is 6.18 Å². The van der Waals surface area contributed by atoms with Gasteiger partial charge < -0.3 is 4.74 Å². The second-order valence-electron chi connectivity index (χ2n) is 8.29. The summed E-state index contributed by atoms with van der Waals surface area (Å²) >= 11 is 0. The largest absolute Gasteiger partial charge is 0.417 e. The topological polar surface area (TPSA) is 70.4 Å². The van der Waals surface area contributed by atoms with Crippen molar-refractivity contribution in [3.8, 4) is 6.07 Å². The normalized spacial score (nSPS) is 29.0. The molecule has 3 unspecified atom stereocenters. The molecule has 2 aliphatic rings. The second kappa shape index (κ2) is 7.13. The predicted molar refractivity (Wildman–Crippen MR) is 101 cm³/mol. The first-order chi connectivity index (χ1) is 12.8. The first kappa shape index (κ1) is 22.9. The van der Waals surface area contributed by atoms with Crippen LogP contribution in [0.5, 0.6) is 0 Å². The third kappa shape index (κ3) is 3.76. The summed E-state index contributed by atoms with van der Waals surface area (Å²) in [6.45, 7) is 7.17. The SMILES string of the molecule is C.CC1C(=O)N(c2ccc(C#N)c(C(F)(F)F)c2)C(=O)C1C1(C)CCC(C)(C)O1. The van der Waals surface area contributed by atoms with E-state index in [1.54, 1.807) is 13.8 Å². The summed E-state index contributed by atoms with van der Waals surface area (Å²) in [5.74, 6) is -2.65. The lowest BCUT2D eigenvalue weighted by atomic mass is 9.79. The van der Waals surface area contributed by atoms with E-state index < -0.39 is 52.2 Å². The van der Waals surface area contributed by atoms with Crippen LogP contribution in [0.4, 0.5) is 18.9 Å². The maximum Gasteiger partial charge on any atom is 0.417 e. The molecule has 0 bridgehead atoms.